The van der Waals surface area contributed by atoms with Crippen molar-refractivity contribution in [3.63, 3.8) is 0 Å². The average molecular weight is 228 g/mol. The molecule has 0 atom stereocenters. The van der Waals surface area contributed by atoms with Crippen LogP contribution in [-0.2, 0) is 9.53 Å². The van der Waals surface area contributed by atoms with Gasteiger partial charge in [-0.1, -0.05) is 54.6 Å². The molecule has 0 saturated heterocycles. The quantitative estimate of drug-likeness (QED) is 0.451. The van der Waals surface area contributed by atoms with E-state index in [1.807, 2.05) is 36.4 Å². The van der Waals surface area contributed by atoms with E-state index in [0.717, 1.165) is 0 Å². The monoisotopic (exact) mass is 228 g/mol. The molecular weight excluding hydrogens is 216 g/mol. The number of hydrogen-bond acceptors (Lipinski definition) is 3. The van der Waals surface area contributed by atoms with Crippen molar-refractivity contribution in [3.8, 4) is 0 Å². The molecule has 0 amide bonds. The molecule has 3 nitrogen and oxygen atoms in total. The topological polar surface area (TPSA) is 43.4 Å². The number of ether oxygens (including phenoxy) is 1. The lowest BCUT2D eigenvalue weighted by Crippen LogP contribution is -2.02. The van der Waals surface area contributed by atoms with Gasteiger partial charge in [-0.25, -0.2) is 4.79 Å². The fraction of sp³-hybridized carbons (Fsp3) is 0. The summed E-state index contributed by atoms with van der Waals surface area (Å²) in [7, 11) is 0. The van der Waals surface area contributed by atoms with Crippen LogP contribution in [0, 0.1) is 0 Å². The van der Waals surface area contributed by atoms with Crippen molar-refractivity contribution in [2.75, 3.05) is 0 Å². The molecule has 0 radical (unpaired) electrons. The summed E-state index contributed by atoms with van der Waals surface area (Å²) in [6, 6.07) is 20.3. The van der Waals surface area contributed by atoms with Gasteiger partial charge in [-0.15, -0.1) is 0 Å². The maximum atomic E-state index is 10.8. The first-order valence-corrected chi connectivity index (χ1v) is 5.04. The summed E-state index contributed by atoms with van der Waals surface area (Å²) in [5.74, 6) is -0.624. The van der Waals surface area contributed by atoms with Gasteiger partial charge in [0.25, 0.3) is 0 Å². The van der Waals surface area contributed by atoms with Gasteiger partial charge in [-0.05, 0) is 12.1 Å². The molecule has 2 aromatic carbocycles. The van der Waals surface area contributed by atoms with Crippen LogP contribution < -0.4 is 0 Å². The number of carbonyl (C=O) groups excluding carboxylic acids is 2. The zero-order valence-corrected chi connectivity index (χ0v) is 9.15. The third-order valence-electron chi connectivity index (χ3n) is 1.83. The Morgan fingerprint density at radius 1 is 0.824 bits per heavy atom. The maximum absolute atomic E-state index is 10.8. The molecule has 2 aromatic rings. The van der Waals surface area contributed by atoms with Gasteiger partial charge in [0.1, 0.15) is 0 Å². The second-order valence-corrected chi connectivity index (χ2v) is 3.02. The lowest BCUT2D eigenvalue weighted by atomic mass is 10.2. The first kappa shape index (κ1) is 12.6. The maximum Gasteiger partial charge on any atom is 0.345 e. The van der Waals surface area contributed by atoms with E-state index >= 15 is 0 Å². The minimum absolute atomic E-state index is 0.120. The van der Waals surface area contributed by atoms with Crippen molar-refractivity contribution in [1.82, 2.24) is 0 Å². The normalized spacial score (nSPS) is 8.47. The fourth-order valence-corrected chi connectivity index (χ4v) is 1.07. The second kappa shape index (κ2) is 7.82. The molecule has 0 unspecified atom stereocenters. The van der Waals surface area contributed by atoms with E-state index in [2.05, 4.69) is 4.74 Å². The van der Waals surface area contributed by atoms with E-state index in [-0.39, 0.29) is 6.47 Å². The van der Waals surface area contributed by atoms with Gasteiger partial charge in [0.2, 0.25) is 0 Å². The van der Waals surface area contributed by atoms with Gasteiger partial charge < -0.3 is 4.74 Å². The summed E-state index contributed by atoms with van der Waals surface area (Å²) in [4.78, 5) is 20.5. The molecule has 0 N–H and O–H groups in total. The molecule has 0 aliphatic rings. The van der Waals surface area contributed by atoms with Gasteiger partial charge in [0.05, 0.1) is 5.56 Å². The fourth-order valence-electron chi connectivity index (χ4n) is 1.07. The van der Waals surface area contributed by atoms with Gasteiger partial charge in [-0.3, -0.25) is 4.79 Å². The molecule has 17 heavy (non-hydrogen) atoms. The Kier molecular flexibility index (Phi) is 5.82. The van der Waals surface area contributed by atoms with E-state index < -0.39 is 5.97 Å². The SMILES string of the molecule is O=COC(=O)c1ccccc1.c1ccccc1. The third kappa shape index (κ3) is 5.28. The van der Waals surface area contributed by atoms with E-state index in [9.17, 15) is 9.59 Å². The van der Waals surface area contributed by atoms with Gasteiger partial charge >= 0.3 is 12.4 Å². The smallest absolute Gasteiger partial charge is 0.345 e. The van der Waals surface area contributed by atoms with Crippen LogP contribution in [0.4, 0.5) is 0 Å². The predicted molar refractivity (Wildman–Crippen MR) is 64.4 cm³/mol. The van der Waals surface area contributed by atoms with Crippen molar-refractivity contribution in [3.05, 3.63) is 72.3 Å². The van der Waals surface area contributed by atoms with Crippen LogP contribution in [0.5, 0.6) is 0 Å². The van der Waals surface area contributed by atoms with Crippen molar-refractivity contribution in [2.24, 2.45) is 0 Å². The molecule has 0 aliphatic carbocycles. The second-order valence-electron chi connectivity index (χ2n) is 3.02. The molecule has 3 heteroatoms. The third-order valence-corrected chi connectivity index (χ3v) is 1.83. The zero-order chi connectivity index (χ0) is 12.3. The van der Waals surface area contributed by atoms with Crippen LogP contribution in [0.1, 0.15) is 10.4 Å². The van der Waals surface area contributed by atoms with Gasteiger partial charge in [-0.2, -0.15) is 0 Å². The number of esters is 1. The molecule has 0 bridgehead atoms. The van der Waals surface area contributed by atoms with Crippen LogP contribution in [-0.4, -0.2) is 12.4 Å². The molecule has 0 spiro atoms. The molecule has 0 heterocycles. The highest BCUT2D eigenvalue weighted by Crippen LogP contribution is 1.99. The Bertz CT molecular complexity index is 411. The predicted octanol–water partition coefficient (Wildman–Crippen LogP) is 2.69. The highest BCUT2D eigenvalue weighted by atomic mass is 16.6. The number of benzene rings is 2. The summed E-state index contributed by atoms with van der Waals surface area (Å²) < 4.78 is 4.11. The highest BCUT2D eigenvalue weighted by Gasteiger charge is 2.03. The van der Waals surface area contributed by atoms with Crippen molar-refractivity contribution >= 4 is 12.4 Å². The van der Waals surface area contributed by atoms with Crippen molar-refractivity contribution in [1.29, 1.82) is 0 Å². The molecule has 0 fully saturated rings. The zero-order valence-electron chi connectivity index (χ0n) is 9.15. The molecular formula is C14H12O3. The van der Waals surface area contributed by atoms with Crippen LogP contribution in [0.15, 0.2) is 66.7 Å². The molecule has 86 valence electrons. The Labute approximate surface area is 99.7 Å². The van der Waals surface area contributed by atoms with Crippen LogP contribution in [0.3, 0.4) is 0 Å². The van der Waals surface area contributed by atoms with E-state index in [4.69, 9.17) is 0 Å². The minimum Gasteiger partial charge on any atom is -0.392 e. The highest BCUT2D eigenvalue weighted by molar-refractivity contribution is 5.92. The molecule has 0 aliphatic heterocycles. The van der Waals surface area contributed by atoms with Gasteiger partial charge in [0.15, 0.2) is 0 Å². The first-order valence-electron chi connectivity index (χ1n) is 5.04. The number of rotatable bonds is 2. The molecule has 0 aromatic heterocycles. The number of hydrogen-bond donors (Lipinski definition) is 0. The minimum atomic E-state index is -0.624. The number of carbonyl (C=O) groups is 2. The van der Waals surface area contributed by atoms with E-state index in [0.29, 0.717) is 5.56 Å². The standard InChI is InChI=1S/C8H6O3.C6H6/c9-6-11-8(10)7-4-2-1-3-5-7;1-2-4-6-5-3-1/h1-6H;1-6H. The van der Waals surface area contributed by atoms with E-state index in [1.165, 1.54) is 0 Å². The molecule has 0 saturated carbocycles. The largest absolute Gasteiger partial charge is 0.392 e. The van der Waals surface area contributed by atoms with E-state index in [1.54, 1.807) is 30.3 Å². The Hall–Kier alpha value is -2.42. The van der Waals surface area contributed by atoms with Crippen molar-refractivity contribution in [2.45, 2.75) is 0 Å². The average Bonchev–Trinajstić information content (AvgIpc) is 2.43. The summed E-state index contributed by atoms with van der Waals surface area (Å²) in [5.41, 5.74) is 0.375. The van der Waals surface area contributed by atoms with Crippen LogP contribution in [0.25, 0.3) is 0 Å². The Morgan fingerprint density at radius 3 is 1.65 bits per heavy atom. The molecule has 2 rings (SSSR count). The summed E-state index contributed by atoms with van der Waals surface area (Å²) >= 11 is 0. The summed E-state index contributed by atoms with van der Waals surface area (Å²) in [5, 5.41) is 0. The van der Waals surface area contributed by atoms with Crippen LogP contribution >= 0.6 is 0 Å². The Morgan fingerprint density at radius 2 is 1.24 bits per heavy atom. The van der Waals surface area contributed by atoms with Crippen molar-refractivity contribution < 1.29 is 14.3 Å². The Balaban J connectivity index is 0.000000202. The summed E-state index contributed by atoms with van der Waals surface area (Å²) in [6.45, 7) is 0.120. The first-order chi connectivity index (χ1) is 8.34. The lowest BCUT2D eigenvalue weighted by molar-refractivity contribution is -0.123. The van der Waals surface area contributed by atoms with Crippen LogP contribution in [0.2, 0.25) is 0 Å². The van der Waals surface area contributed by atoms with Gasteiger partial charge in [0, 0.05) is 0 Å². The lowest BCUT2D eigenvalue weighted by Gasteiger charge is -1.94. The summed E-state index contributed by atoms with van der Waals surface area (Å²) in [6.07, 6.45) is 0.